The maximum absolute atomic E-state index is 14.1. The molecule has 1 heterocycles. The van der Waals surface area contributed by atoms with Crippen molar-refractivity contribution in [1.29, 1.82) is 0 Å². The van der Waals surface area contributed by atoms with Crippen LogP contribution in [0.1, 0.15) is 86.5 Å². The summed E-state index contributed by atoms with van der Waals surface area (Å²) in [4.78, 5) is 26.2. The van der Waals surface area contributed by atoms with E-state index in [1.807, 2.05) is 6.08 Å². The Hall–Kier alpha value is -1.30. The molecule has 1 N–H and O–H groups in total. The van der Waals surface area contributed by atoms with Gasteiger partial charge in [-0.25, -0.2) is 0 Å². The van der Waals surface area contributed by atoms with Crippen molar-refractivity contribution in [2.75, 3.05) is 0 Å². The molecule has 188 valence electrons. The summed E-state index contributed by atoms with van der Waals surface area (Å²) in [6.45, 7) is 12.8. The second-order valence-corrected chi connectivity index (χ2v) is 13.3. The number of fused-ring (bicyclic) bond motifs is 7. The summed E-state index contributed by atoms with van der Waals surface area (Å²) in [6.07, 6.45) is 9.60. The first kappa shape index (κ1) is 24.4. The highest BCUT2D eigenvalue weighted by molar-refractivity contribution is 6.01. The number of hydrogen-bond acceptors (Lipinski definition) is 5. The highest BCUT2D eigenvalue weighted by Crippen LogP contribution is 2.70. The van der Waals surface area contributed by atoms with Crippen molar-refractivity contribution in [3.05, 3.63) is 23.8 Å². The van der Waals surface area contributed by atoms with E-state index in [2.05, 4.69) is 41.5 Å². The number of aliphatic hydroxyl groups is 1. The fourth-order valence-electron chi connectivity index (χ4n) is 8.62. The lowest BCUT2D eigenvalue weighted by Gasteiger charge is -2.59. The Labute approximate surface area is 204 Å². The number of aliphatic hydroxyl groups excluding tert-OH is 1. The Kier molecular flexibility index (Phi) is 5.63. The quantitative estimate of drug-likeness (QED) is 0.614. The first-order chi connectivity index (χ1) is 15.9. The maximum atomic E-state index is 14.1. The number of Topliss-reactive ketones (excluding diaryl/α,β-unsaturated/α-hetero) is 1. The van der Waals surface area contributed by atoms with Crippen LogP contribution in [0.25, 0.3) is 0 Å². The maximum Gasteiger partial charge on any atom is 0.178 e. The van der Waals surface area contributed by atoms with Gasteiger partial charge >= 0.3 is 0 Å². The molecule has 1 saturated heterocycles. The monoisotopic (exact) mass is 470 g/mol. The number of rotatable bonds is 4. The normalized spacial score (nSPS) is 47.5. The minimum Gasteiger partial charge on any atom is -0.393 e. The third kappa shape index (κ3) is 3.29. The molecule has 34 heavy (non-hydrogen) atoms. The summed E-state index contributed by atoms with van der Waals surface area (Å²) >= 11 is 0. The summed E-state index contributed by atoms with van der Waals surface area (Å²) in [7, 11) is 0. The van der Waals surface area contributed by atoms with E-state index in [1.54, 1.807) is 12.2 Å². The van der Waals surface area contributed by atoms with E-state index in [-0.39, 0.29) is 52.5 Å². The highest BCUT2D eigenvalue weighted by Gasteiger charge is 2.75. The largest absolute Gasteiger partial charge is 0.393 e. The summed E-state index contributed by atoms with van der Waals surface area (Å²) in [5.41, 5.74) is -0.786. The van der Waals surface area contributed by atoms with Crippen LogP contribution in [0.3, 0.4) is 0 Å². The average molecular weight is 471 g/mol. The van der Waals surface area contributed by atoms with Crippen LogP contribution in [0, 0.1) is 34.0 Å². The topological polar surface area (TPSA) is 72.8 Å². The van der Waals surface area contributed by atoms with E-state index in [4.69, 9.17) is 9.47 Å². The van der Waals surface area contributed by atoms with Gasteiger partial charge in [0.15, 0.2) is 23.5 Å². The van der Waals surface area contributed by atoms with Crippen LogP contribution in [0.4, 0.5) is 0 Å². The van der Waals surface area contributed by atoms with E-state index in [0.717, 1.165) is 37.7 Å². The second kappa shape index (κ2) is 7.85. The molecule has 0 aromatic heterocycles. The average Bonchev–Trinajstić information content (AvgIpc) is 3.20. The van der Waals surface area contributed by atoms with Gasteiger partial charge < -0.3 is 14.6 Å². The lowest BCUT2D eigenvalue weighted by atomic mass is 9.46. The molecule has 0 aromatic rings. The van der Waals surface area contributed by atoms with Crippen LogP contribution in [0.2, 0.25) is 0 Å². The fraction of sp³-hybridized carbons (Fsp3) is 0.793. The van der Waals surface area contributed by atoms with Gasteiger partial charge in [0.2, 0.25) is 0 Å². The molecule has 5 rings (SSSR count). The number of ketones is 2. The van der Waals surface area contributed by atoms with Crippen LogP contribution in [0.15, 0.2) is 23.8 Å². The molecule has 9 atom stereocenters. The van der Waals surface area contributed by atoms with Crippen molar-refractivity contribution in [2.45, 2.75) is 111 Å². The molecule has 0 spiro atoms. The molecule has 0 aromatic carbocycles. The molecule has 5 aliphatic rings. The molecule has 0 radical (unpaired) electrons. The Morgan fingerprint density at radius 3 is 2.68 bits per heavy atom. The molecule has 3 saturated carbocycles. The van der Waals surface area contributed by atoms with Gasteiger partial charge in [-0.15, -0.1) is 0 Å². The van der Waals surface area contributed by atoms with Crippen molar-refractivity contribution in [1.82, 2.24) is 0 Å². The standard InChI is InChI=1S/C29H42O5/c1-7-8-24-33-23-14-20-19-10-9-17-13-18(30)11-12-27(17,5)25(19)21(31)15-28(20,6)29(23,34-24)22(32)16-26(2,3)4/h11-13,19-21,23-25,31H,7-10,14-16H2,1-6H3/t19-,20-,21-,23+,24?,25+,27-,28-,29+/m0/s1. The van der Waals surface area contributed by atoms with E-state index >= 15 is 0 Å². The van der Waals surface area contributed by atoms with Crippen molar-refractivity contribution in [2.24, 2.45) is 34.0 Å². The van der Waals surface area contributed by atoms with Crippen LogP contribution in [0.5, 0.6) is 0 Å². The fourth-order valence-corrected chi connectivity index (χ4v) is 8.62. The lowest BCUT2D eigenvalue weighted by molar-refractivity contribution is -0.200. The van der Waals surface area contributed by atoms with Crippen molar-refractivity contribution < 1.29 is 24.2 Å². The van der Waals surface area contributed by atoms with E-state index in [0.29, 0.717) is 12.8 Å². The summed E-state index contributed by atoms with van der Waals surface area (Å²) in [6, 6.07) is 0. The first-order valence-corrected chi connectivity index (χ1v) is 13.3. The minimum absolute atomic E-state index is 0.0370. The Morgan fingerprint density at radius 2 is 2.00 bits per heavy atom. The van der Waals surface area contributed by atoms with Gasteiger partial charge in [0.05, 0.1) is 12.2 Å². The summed E-state index contributed by atoms with van der Waals surface area (Å²) in [5.74, 6) is 0.726. The van der Waals surface area contributed by atoms with E-state index in [1.165, 1.54) is 0 Å². The zero-order valence-corrected chi connectivity index (χ0v) is 21.7. The van der Waals surface area contributed by atoms with Crippen molar-refractivity contribution >= 4 is 11.6 Å². The van der Waals surface area contributed by atoms with Crippen molar-refractivity contribution in [3.63, 3.8) is 0 Å². The smallest absolute Gasteiger partial charge is 0.178 e. The zero-order chi connectivity index (χ0) is 24.7. The minimum atomic E-state index is -0.994. The van der Waals surface area contributed by atoms with Gasteiger partial charge in [-0.05, 0) is 61.5 Å². The number of allylic oxidation sites excluding steroid dienone is 4. The molecule has 1 unspecified atom stereocenters. The molecular formula is C29H42O5. The van der Waals surface area contributed by atoms with Crippen LogP contribution >= 0.6 is 0 Å². The van der Waals surface area contributed by atoms with Gasteiger partial charge in [0.25, 0.3) is 0 Å². The third-order valence-corrected chi connectivity index (χ3v) is 9.92. The molecule has 1 aliphatic heterocycles. The Balaban J connectivity index is 1.55. The SMILES string of the molecule is CCCC1O[C@@H]2C[C@H]3[C@@H]4CCC5=CC(=O)C=C[C@]5(C)[C@H]4[C@@H](O)C[C@]3(C)[C@]2(C(=O)CC(C)(C)C)O1. The lowest BCUT2D eigenvalue weighted by Crippen LogP contribution is -2.63. The molecule has 4 fully saturated rings. The van der Waals surface area contributed by atoms with Gasteiger partial charge in [0.1, 0.15) is 0 Å². The number of hydrogen-bond donors (Lipinski definition) is 1. The van der Waals surface area contributed by atoms with Crippen LogP contribution in [-0.2, 0) is 19.1 Å². The van der Waals surface area contributed by atoms with Crippen LogP contribution < -0.4 is 0 Å². The van der Waals surface area contributed by atoms with Crippen LogP contribution in [-0.4, -0.2) is 40.8 Å². The third-order valence-electron chi connectivity index (χ3n) is 9.92. The van der Waals surface area contributed by atoms with Gasteiger partial charge in [-0.1, -0.05) is 59.6 Å². The molecule has 5 nitrogen and oxygen atoms in total. The van der Waals surface area contributed by atoms with E-state index < -0.39 is 17.1 Å². The number of ether oxygens (including phenoxy) is 2. The molecule has 4 aliphatic carbocycles. The molecule has 0 bridgehead atoms. The Bertz CT molecular complexity index is 943. The number of carbonyl (C=O) groups is 2. The van der Waals surface area contributed by atoms with Crippen molar-refractivity contribution in [3.8, 4) is 0 Å². The molecule has 0 amide bonds. The Morgan fingerprint density at radius 1 is 1.26 bits per heavy atom. The zero-order valence-electron chi connectivity index (χ0n) is 21.7. The predicted octanol–water partition coefficient (Wildman–Crippen LogP) is 5.16. The summed E-state index contributed by atoms with van der Waals surface area (Å²) < 4.78 is 13.2. The number of carbonyl (C=O) groups excluding carboxylic acids is 2. The van der Waals surface area contributed by atoms with Gasteiger partial charge in [-0.3, -0.25) is 9.59 Å². The molecular weight excluding hydrogens is 428 g/mol. The molecule has 5 heteroatoms. The first-order valence-electron chi connectivity index (χ1n) is 13.3. The van der Waals surface area contributed by atoms with Gasteiger partial charge in [-0.2, -0.15) is 0 Å². The highest BCUT2D eigenvalue weighted by atomic mass is 16.7. The predicted molar refractivity (Wildman–Crippen MR) is 130 cm³/mol. The summed E-state index contributed by atoms with van der Waals surface area (Å²) in [5, 5.41) is 11.8. The second-order valence-electron chi connectivity index (χ2n) is 13.3. The van der Waals surface area contributed by atoms with E-state index in [9.17, 15) is 14.7 Å². The van der Waals surface area contributed by atoms with Gasteiger partial charge in [0, 0.05) is 23.2 Å².